The molecule has 0 spiro atoms. The van der Waals surface area contributed by atoms with Gasteiger partial charge in [-0.1, -0.05) is 0 Å². The van der Waals surface area contributed by atoms with Gasteiger partial charge in [-0.2, -0.15) is 0 Å². The number of aromatic nitrogens is 3. The summed E-state index contributed by atoms with van der Waals surface area (Å²) in [6.45, 7) is 1.18. The number of aryl methyl sites for hydroxylation is 1. The lowest BCUT2D eigenvalue weighted by Gasteiger charge is -2.17. The average molecular weight is 316 g/mol. The largest absolute Gasteiger partial charge is 0.365 e. The van der Waals surface area contributed by atoms with Gasteiger partial charge in [0.1, 0.15) is 12.0 Å². The van der Waals surface area contributed by atoms with E-state index < -0.39 is 4.92 Å². The first-order chi connectivity index (χ1) is 11.0. The predicted molar refractivity (Wildman–Crippen MR) is 82.0 cm³/mol. The fraction of sp³-hybridized carbons (Fsp3) is 0.357. The average Bonchev–Trinajstić information content (AvgIpc) is 3.16. The van der Waals surface area contributed by atoms with E-state index in [1.807, 2.05) is 0 Å². The van der Waals surface area contributed by atoms with Crippen molar-refractivity contribution in [2.45, 2.75) is 12.5 Å². The summed E-state index contributed by atoms with van der Waals surface area (Å²) >= 11 is 0. The van der Waals surface area contributed by atoms with Crippen molar-refractivity contribution in [2.75, 3.05) is 18.4 Å². The number of rotatable bonds is 4. The third-order valence-electron chi connectivity index (χ3n) is 3.80. The van der Waals surface area contributed by atoms with Crippen LogP contribution in [0.15, 0.2) is 30.7 Å². The molecule has 0 saturated carbocycles. The summed E-state index contributed by atoms with van der Waals surface area (Å²) in [7, 11) is 1.78. The Kier molecular flexibility index (Phi) is 3.92. The molecule has 1 aliphatic rings. The van der Waals surface area contributed by atoms with Crippen molar-refractivity contribution in [3.8, 4) is 0 Å². The van der Waals surface area contributed by atoms with E-state index in [0.29, 0.717) is 24.7 Å². The second-order valence-corrected chi connectivity index (χ2v) is 5.40. The van der Waals surface area contributed by atoms with Crippen LogP contribution in [-0.2, 0) is 7.05 Å². The number of nitrogens with zero attached hydrogens (tertiary/aromatic N) is 5. The molecule has 2 aromatic rings. The number of anilines is 1. The van der Waals surface area contributed by atoms with Crippen molar-refractivity contribution >= 4 is 17.4 Å². The van der Waals surface area contributed by atoms with Crippen molar-refractivity contribution in [1.82, 2.24) is 19.4 Å². The van der Waals surface area contributed by atoms with Gasteiger partial charge in [0.15, 0.2) is 5.82 Å². The van der Waals surface area contributed by atoms with Gasteiger partial charge in [-0.25, -0.2) is 9.97 Å². The van der Waals surface area contributed by atoms with E-state index in [0.717, 1.165) is 6.42 Å². The molecule has 1 atom stereocenters. The number of carbonyl (C=O) groups is 1. The Morgan fingerprint density at radius 2 is 2.26 bits per heavy atom. The van der Waals surface area contributed by atoms with Gasteiger partial charge in [0, 0.05) is 44.6 Å². The zero-order valence-corrected chi connectivity index (χ0v) is 12.5. The van der Waals surface area contributed by atoms with Crippen LogP contribution in [0.3, 0.4) is 0 Å². The Bertz CT molecular complexity index is 726. The minimum absolute atomic E-state index is 0.0476. The van der Waals surface area contributed by atoms with Gasteiger partial charge in [0.05, 0.1) is 4.92 Å². The van der Waals surface area contributed by atoms with Crippen molar-refractivity contribution in [3.63, 3.8) is 0 Å². The molecule has 0 bridgehead atoms. The molecule has 9 heteroatoms. The van der Waals surface area contributed by atoms with E-state index in [1.165, 1.54) is 12.3 Å². The van der Waals surface area contributed by atoms with Crippen molar-refractivity contribution in [3.05, 3.63) is 46.7 Å². The first kappa shape index (κ1) is 14.9. The van der Waals surface area contributed by atoms with E-state index in [1.54, 1.807) is 35.0 Å². The van der Waals surface area contributed by atoms with Gasteiger partial charge in [-0.05, 0) is 12.5 Å². The molecule has 3 rings (SSSR count). The van der Waals surface area contributed by atoms with Crippen LogP contribution in [0.1, 0.15) is 17.0 Å². The van der Waals surface area contributed by atoms with Crippen molar-refractivity contribution in [2.24, 2.45) is 7.05 Å². The maximum absolute atomic E-state index is 12.4. The van der Waals surface area contributed by atoms with E-state index in [2.05, 4.69) is 15.3 Å². The lowest BCUT2D eigenvalue weighted by atomic mass is 10.2. The molecule has 1 amide bonds. The maximum atomic E-state index is 12.4. The highest BCUT2D eigenvalue weighted by Gasteiger charge is 2.28. The highest BCUT2D eigenvalue weighted by molar-refractivity contribution is 5.91. The fourth-order valence-electron chi connectivity index (χ4n) is 2.56. The minimum Gasteiger partial charge on any atom is -0.365 e. The number of imidazole rings is 1. The lowest BCUT2D eigenvalue weighted by molar-refractivity contribution is -0.385. The zero-order valence-electron chi connectivity index (χ0n) is 12.5. The molecule has 3 heterocycles. The Morgan fingerprint density at radius 1 is 1.43 bits per heavy atom. The van der Waals surface area contributed by atoms with E-state index >= 15 is 0 Å². The number of hydrogen-bond donors (Lipinski definition) is 1. The normalized spacial score (nSPS) is 17.3. The molecule has 9 nitrogen and oxygen atoms in total. The van der Waals surface area contributed by atoms with Crippen molar-refractivity contribution < 1.29 is 9.72 Å². The SMILES string of the molecule is Cn1ccnc1C(=O)N1CCC(Nc2ccc([N+](=O)[O-])cn2)C1. The summed E-state index contributed by atoms with van der Waals surface area (Å²) in [4.78, 5) is 32.3. The molecule has 1 N–H and O–H groups in total. The smallest absolute Gasteiger partial charge is 0.289 e. The number of pyridine rings is 1. The molecule has 0 radical (unpaired) electrons. The van der Waals surface area contributed by atoms with E-state index in [9.17, 15) is 14.9 Å². The third kappa shape index (κ3) is 3.12. The van der Waals surface area contributed by atoms with Crippen LogP contribution in [0.4, 0.5) is 11.5 Å². The summed E-state index contributed by atoms with van der Waals surface area (Å²) < 4.78 is 1.70. The number of nitrogens with one attached hydrogen (secondary N) is 1. The monoisotopic (exact) mass is 316 g/mol. The third-order valence-corrected chi connectivity index (χ3v) is 3.80. The molecule has 0 aromatic carbocycles. The van der Waals surface area contributed by atoms with E-state index in [-0.39, 0.29) is 17.6 Å². The van der Waals surface area contributed by atoms with E-state index in [4.69, 9.17) is 0 Å². The molecule has 1 unspecified atom stereocenters. The maximum Gasteiger partial charge on any atom is 0.289 e. The summed E-state index contributed by atoms with van der Waals surface area (Å²) in [6.07, 6.45) is 5.34. The summed E-state index contributed by atoms with van der Waals surface area (Å²) in [5, 5.41) is 13.8. The molecular weight excluding hydrogens is 300 g/mol. The first-order valence-corrected chi connectivity index (χ1v) is 7.18. The molecular formula is C14H16N6O3. The van der Waals surface area contributed by atoms with Gasteiger partial charge in [-0.15, -0.1) is 0 Å². The van der Waals surface area contributed by atoms with Crippen LogP contribution in [0.25, 0.3) is 0 Å². The van der Waals surface area contributed by atoms with Crippen LogP contribution in [0, 0.1) is 10.1 Å². The molecule has 0 aliphatic carbocycles. The second-order valence-electron chi connectivity index (χ2n) is 5.40. The van der Waals surface area contributed by atoms with Gasteiger partial charge < -0.3 is 14.8 Å². The molecule has 23 heavy (non-hydrogen) atoms. The van der Waals surface area contributed by atoms with Crippen LogP contribution in [0.2, 0.25) is 0 Å². The molecule has 1 fully saturated rings. The topological polar surface area (TPSA) is 106 Å². The zero-order chi connectivity index (χ0) is 16.4. The van der Waals surface area contributed by atoms with Gasteiger partial charge in [0.2, 0.25) is 0 Å². The summed E-state index contributed by atoms with van der Waals surface area (Å²) in [6, 6.07) is 3.04. The Labute approximate surface area is 132 Å². The van der Waals surface area contributed by atoms with Crippen LogP contribution in [0.5, 0.6) is 0 Å². The number of likely N-dealkylation sites (tertiary alicyclic amines) is 1. The van der Waals surface area contributed by atoms with Gasteiger partial charge in [0.25, 0.3) is 11.6 Å². The Morgan fingerprint density at radius 3 is 2.87 bits per heavy atom. The van der Waals surface area contributed by atoms with Crippen LogP contribution < -0.4 is 5.32 Å². The molecule has 1 saturated heterocycles. The number of carbonyl (C=O) groups excluding carboxylic acids is 1. The standard InChI is InChI=1S/C14H16N6O3/c1-18-7-5-15-13(18)14(21)19-6-4-10(9-19)17-12-3-2-11(8-16-12)20(22)23/h2-3,5,7-8,10H,4,6,9H2,1H3,(H,16,17). The predicted octanol–water partition coefficient (Wildman–Crippen LogP) is 1.05. The van der Waals surface area contributed by atoms with Gasteiger partial charge >= 0.3 is 0 Å². The fourth-order valence-corrected chi connectivity index (χ4v) is 2.56. The lowest BCUT2D eigenvalue weighted by Crippen LogP contribution is -2.33. The van der Waals surface area contributed by atoms with Crippen LogP contribution >= 0.6 is 0 Å². The number of hydrogen-bond acceptors (Lipinski definition) is 6. The molecule has 2 aromatic heterocycles. The number of amides is 1. The molecule has 1 aliphatic heterocycles. The highest BCUT2D eigenvalue weighted by Crippen LogP contribution is 2.18. The van der Waals surface area contributed by atoms with Gasteiger partial charge in [-0.3, -0.25) is 14.9 Å². The highest BCUT2D eigenvalue weighted by atomic mass is 16.6. The summed E-state index contributed by atoms with van der Waals surface area (Å²) in [5.41, 5.74) is -0.0476. The number of nitro groups is 1. The minimum atomic E-state index is -0.486. The quantitative estimate of drug-likeness (QED) is 0.667. The van der Waals surface area contributed by atoms with Crippen LogP contribution in [-0.4, -0.2) is 49.4 Å². The molecule has 120 valence electrons. The van der Waals surface area contributed by atoms with Crippen molar-refractivity contribution in [1.29, 1.82) is 0 Å². The summed E-state index contributed by atoms with van der Waals surface area (Å²) in [5.74, 6) is 0.879. The Hall–Kier alpha value is -2.97. The first-order valence-electron chi connectivity index (χ1n) is 7.18. The second kappa shape index (κ2) is 6.03. The Balaban J connectivity index is 1.60.